The van der Waals surface area contributed by atoms with E-state index in [1.807, 2.05) is 12.1 Å². The summed E-state index contributed by atoms with van der Waals surface area (Å²) in [5.74, 6) is 1.05. The first kappa shape index (κ1) is 10.8. The summed E-state index contributed by atoms with van der Waals surface area (Å²) in [6.07, 6.45) is 2.27. The summed E-state index contributed by atoms with van der Waals surface area (Å²) in [4.78, 5) is 6.99. The molecule has 88 valence electrons. The van der Waals surface area contributed by atoms with E-state index in [1.54, 1.807) is 0 Å². The van der Waals surface area contributed by atoms with Gasteiger partial charge in [0.1, 0.15) is 5.82 Å². The monoisotopic (exact) mass is 246 g/mol. The normalized spacial score (nSPS) is 20.8. The lowest BCUT2D eigenvalue weighted by molar-refractivity contribution is 0.580. The third kappa shape index (κ3) is 2.22. The van der Waals surface area contributed by atoms with Crippen LogP contribution in [0.3, 0.4) is 0 Å². The molecule has 1 aromatic carbocycles. The van der Waals surface area contributed by atoms with Crippen molar-refractivity contribution in [3.05, 3.63) is 36.4 Å². The number of hydrogen-bond donors (Lipinski definition) is 0. The van der Waals surface area contributed by atoms with Gasteiger partial charge in [0.2, 0.25) is 0 Å². The molecule has 0 spiro atoms. The molecule has 0 N–H and O–H groups in total. The van der Waals surface area contributed by atoms with Gasteiger partial charge in [-0.2, -0.15) is 0 Å². The number of anilines is 1. The molecule has 2 heterocycles. The molecule has 1 aliphatic heterocycles. The summed E-state index contributed by atoms with van der Waals surface area (Å²) in [6.45, 7) is 1.97. The van der Waals surface area contributed by atoms with Gasteiger partial charge < -0.3 is 4.90 Å². The van der Waals surface area contributed by atoms with E-state index < -0.39 is 0 Å². The first-order chi connectivity index (χ1) is 8.33. The fourth-order valence-corrected chi connectivity index (χ4v) is 2.69. The SMILES string of the molecule is ClC1CCCN(c2ccc3ccccc3n2)C1. The van der Waals surface area contributed by atoms with Crippen LogP contribution >= 0.6 is 11.6 Å². The van der Waals surface area contributed by atoms with E-state index in [0.29, 0.717) is 0 Å². The largest absolute Gasteiger partial charge is 0.355 e. The number of rotatable bonds is 1. The average molecular weight is 247 g/mol. The van der Waals surface area contributed by atoms with Crippen molar-refractivity contribution in [2.24, 2.45) is 0 Å². The zero-order chi connectivity index (χ0) is 11.7. The minimum atomic E-state index is 0.261. The number of halogens is 1. The highest BCUT2D eigenvalue weighted by atomic mass is 35.5. The third-order valence-electron chi connectivity index (χ3n) is 3.27. The fraction of sp³-hybridized carbons (Fsp3) is 0.357. The van der Waals surface area contributed by atoms with Crippen molar-refractivity contribution >= 4 is 28.3 Å². The van der Waals surface area contributed by atoms with E-state index in [0.717, 1.165) is 37.3 Å². The van der Waals surface area contributed by atoms with Crippen LogP contribution in [0.15, 0.2) is 36.4 Å². The van der Waals surface area contributed by atoms with Crippen LogP contribution in [0.1, 0.15) is 12.8 Å². The predicted molar refractivity (Wildman–Crippen MR) is 72.8 cm³/mol. The lowest BCUT2D eigenvalue weighted by Gasteiger charge is -2.30. The highest BCUT2D eigenvalue weighted by molar-refractivity contribution is 6.21. The average Bonchev–Trinajstić information content (AvgIpc) is 2.38. The number of piperidine rings is 1. The number of alkyl halides is 1. The summed E-state index contributed by atoms with van der Waals surface area (Å²) >= 11 is 6.21. The van der Waals surface area contributed by atoms with Gasteiger partial charge in [-0.05, 0) is 31.0 Å². The highest BCUT2D eigenvalue weighted by Gasteiger charge is 2.18. The van der Waals surface area contributed by atoms with Gasteiger partial charge in [0, 0.05) is 18.5 Å². The second kappa shape index (κ2) is 4.53. The van der Waals surface area contributed by atoms with E-state index in [9.17, 15) is 0 Å². The molecule has 2 nitrogen and oxygen atoms in total. The van der Waals surface area contributed by atoms with Gasteiger partial charge in [-0.1, -0.05) is 18.2 Å². The van der Waals surface area contributed by atoms with Gasteiger partial charge in [-0.3, -0.25) is 0 Å². The Morgan fingerprint density at radius 2 is 2.06 bits per heavy atom. The fourth-order valence-electron chi connectivity index (χ4n) is 2.36. The van der Waals surface area contributed by atoms with Crippen molar-refractivity contribution in [1.82, 2.24) is 4.98 Å². The first-order valence-corrected chi connectivity index (χ1v) is 6.51. The zero-order valence-corrected chi connectivity index (χ0v) is 10.4. The zero-order valence-electron chi connectivity index (χ0n) is 9.64. The molecule has 0 amide bonds. The molecule has 1 aromatic heterocycles. The van der Waals surface area contributed by atoms with Crippen molar-refractivity contribution < 1.29 is 0 Å². The number of pyridine rings is 1. The molecule has 1 unspecified atom stereocenters. The Labute approximate surface area is 106 Å². The van der Waals surface area contributed by atoms with Crippen LogP contribution in [0.25, 0.3) is 10.9 Å². The van der Waals surface area contributed by atoms with Crippen LogP contribution in [-0.4, -0.2) is 23.5 Å². The number of fused-ring (bicyclic) bond motifs is 1. The molecule has 0 aliphatic carbocycles. The first-order valence-electron chi connectivity index (χ1n) is 6.08. The van der Waals surface area contributed by atoms with E-state index >= 15 is 0 Å². The Bertz CT molecular complexity index is 526. The molecular formula is C14H15ClN2. The van der Waals surface area contributed by atoms with Crippen molar-refractivity contribution in [2.75, 3.05) is 18.0 Å². The summed E-state index contributed by atoms with van der Waals surface area (Å²) < 4.78 is 0. The molecule has 3 rings (SSSR count). The summed E-state index contributed by atoms with van der Waals surface area (Å²) in [5, 5.41) is 1.45. The lowest BCUT2D eigenvalue weighted by atomic mass is 10.1. The third-order valence-corrected chi connectivity index (χ3v) is 3.63. The molecule has 0 bridgehead atoms. The van der Waals surface area contributed by atoms with Crippen LogP contribution < -0.4 is 4.90 Å². The molecular weight excluding hydrogens is 232 g/mol. The van der Waals surface area contributed by atoms with Crippen molar-refractivity contribution in [1.29, 1.82) is 0 Å². The molecule has 0 radical (unpaired) electrons. The van der Waals surface area contributed by atoms with Gasteiger partial charge in [0.05, 0.1) is 10.9 Å². The standard InChI is InChI=1S/C14H15ClN2/c15-12-5-3-9-17(10-12)14-8-7-11-4-1-2-6-13(11)16-14/h1-2,4,6-8,12H,3,5,9-10H2. The predicted octanol–water partition coefficient (Wildman–Crippen LogP) is 3.44. The number of aromatic nitrogens is 1. The molecule has 3 heteroatoms. The number of para-hydroxylation sites is 1. The molecule has 1 atom stereocenters. The summed E-state index contributed by atoms with van der Waals surface area (Å²) in [5.41, 5.74) is 1.06. The minimum absolute atomic E-state index is 0.261. The van der Waals surface area contributed by atoms with Crippen LogP contribution in [0.4, 0.5) is 5.82 Å². The molecule has 0 saturated carbocycles. The van der Waals surface area contributed by atoms with Crippen molar-refractivity contribution in [3.8, 4) is 0 Å². The van der Waals surface area contributed by atoms with Crippen LogP contribution in [0, 0.1) is 0 Å². The minimum Gasteiger partial charge on any atom is -0.355 e. The van der Waals surface area contributed by atoms with Gasteiger partial charge in [-0.25, -0.2) is 4.98 Å². The van der Waals surface area contributed by atoms with E-state index in [4.69, 9.17) is 16.6 Å². The summed E-state index contributed by atoms with van der Waals surface area (Å²) in [7, 11) is 0. The Balaban J connectivity index is 1.94. The van der Waals surface area contributed by atoms with Gasteiger partial charge in [0.25, 0.3) is 0 Å². The van der Waals surface area contributed by atoms with Crippen LogP contribution in [-0.2, 0) is 0 Å². The van der Waals surface area contributed by atoms with Gasteiger partial charge in [-0.15, -0.1) is 11.6 Å². The lowest BCUT2D eigenvalue weighted by Crippen LogP contribution is -2.36. The maximum Gasteiger partial charge on any atom is 0.129 e. The van der Waals surface area contributed by atoms with E-state index in [-0.39, 0.29) is 5.38 Å². The smallest absolute Gasteiger partial charge is 0.129 e. The van der Waals surface area contributed by atoms with Crippen LogP contribution in [0.5, 0.6) is 0 Å². The van der Waals surface area contributed by atoms with Crippen molar-refractivity contribution in [2.45, 2.75) is 18.2 Å². The Morgan fingerprint density at radius 3 is 2.94 bits per heavy atom. The van der Waals surface area contributed by atoms with E-state index in [1.165, 1.54) is 5.39 Å². The number of nitrogens with zero attached hydrogens (tertiary/aromatic N) is 2. The second-order valence-electron chi connectivity index (χ2n) is 4.55. The maximum atomic E-state index is 6.21. The molecule has 2 aromatic rings. The number of benzene rings is 1. The number of hydrogen-bond acceptors (Lipinski definition) is 2. The van der Waals surface area contributed by atoms with Gasteiger partial charge in [0.15, 0.2) is 0 Å². The quantitative estimate of drug-likeness (QED) is 0.717. The van der Waals surface area contributed by atoms with Gasteiger partial charge >= 0.3 is 0 Å². The molecule has 1 fully saturated rings. The van der Waals surface area contributed by atoms with E-state index in [2.05, 4.69) is 29.2 Å². The topological polar surface area (TPSA) is 16.1 Å². The van der Waals surface area contributed by atoms with Crippen molar-refractivity contribution in [3.63, 3.8) is 0 Å². The summed E-state index contributed by atoms with van der Waals surface area (Å²) in [6, 6.07) is 12.4. The maximum absolute atomic E-state index is 6.21. The Kier molecular flexibility index (Phi) is 2.89. The Morgan fingerprint density at radius 1 is 1.18 bits per heavy atom. The molecule has 17 heavy (non-hydrogen) atoms. The molecule has 1 aliphatic rings. The molecule has 1 saturated heterocycles. The Hall–Kier alpha value is -1.28. The second-order valence-corrected chi connectivity index (χ2v) is 5.16. The highest BCUT2D eigenvalue weighted by Crippen LogP contribution is 2.23. The van der Waals surface area contributed by atoms with Crippen LogP contribution in [0.2, 0.25) is 0 Å².